The molecule has 3 aliphatic rings. The summed E-state index contributed by atoms with van der Waals surface area (Å²) in [5.41, 5.74) is 6.86. The van der Waals surface area contributed by atoms with Gasteiger partial charge in [0.15, 0.2) is 0 Å². The molecule has 2 aromatic carbocycles. The summed E-state index contributed by atoms with van der Waals surface area (Å²) in [6.45, 7) is 8.21. The van der Waals surface area contributed by atoms with Crippen molar-refractivity contribution in [3.05, 3.63) is 138 Å². The lowest BCUT2D eigenvalue weighted by Crippen LogP contribution is -2.30. The molecule has 0 amide bonds. The summed E-state index contributed by atoms with van der Waals surface area (Å²) < 4.78 is 5.04. The molecule has 0 bridgehead atoms. The van der Waals surface area contributed by atoms with Crippen LogP contribution in [0.15, 0.2) is 142 Å². The quantitative estimate of drug-likeness (QED) is 0.124. The van der Waals surface area contributed by atoms with Crippen LogP contribution in [0.25, 0.3) is 0 Å². The maximum absolute atomic E-state index is 5.04. The fraction of sp³-hybridized carbons (Fsp3) is 0.263. The van der Waals surface area contributed by atoms with Crippen molar-refractivity contribution in [2.24, 2.45) is 9.39 Å². The van der Waals surface area contributed by atoms with Crippen molar-refractivity contribution in [1.29, 1.82) is 0 Å². The molecule has 2 aliphatic carbocycles. The zero-order chi connectivity index (χ0) is 31.0. The van der Waals surface area contributed by atoms with Gasteiger partial charge in [-0.25, -0.2) is 9.39 Å². The standard InChI is InChI=1S/C38H40N4S3/c1-28(2)39-38(35-25-27-37(44-35)42(32-20-12-6-13-21-32)33-22-14-7-15-23-33)45-40-29(3)34-24-26-36(43-34)41(30-16-8-4-9-17-30)31-18-10-5-11-19-31/h4-6,8-12,14,16-20,22-24,26,35,37H,1,7,13,15,21,25,27H2,2-3H3. The Hall–Kier alpha value is -3.52. The van der Waals surface area contributed by atoms with E-state index in [1.807, 2.05) is 18.7 Å². The van der Waals surface area contributed by atoms with E-state index in [0.29, 0.717) is 5.37 Å². The minimum atomic E-state index is 0.286. The van der Waals surface area contributed by atoms with Crippen molar-refractivity contribution >= 4 is 62.2 Å². The van der Waals surface area contributed by atoms with Crippen LogP contribution in [0.3, 0.4) is 0 Å². The summed E-state index contributed by atoms with van der Waals surface area (Å²) in [4.78, 5) is 11.0. The zero-order valence-electron chi connectivity index (χ0n) is 26.0. The Balaban J connectivity index is 1.20. The predicted octanol–water partition coefficient (Wildman–Crippen LogP) is 11.6. The number of aliphatic imine (C=N–C) groups is 1. The number of nitrogens with zero attached hydrogens (tertiary/aromatic N) is 4. The highest BCUT2D eigenvalue weighted by Gasteiger charge is 2.35. The molecule has 230 valence electrons. The number of hydrogen-bond donors (Lipinski definition) is 0. The largest absolute Gasteiger partial charge is 0.333 e. The summed E-state index contributed by atoms with van der Waals surface area (Å²) in [5, 5.41) is 2.87. The van der Waals surface area contributed by atoms with Crippen molar-refractivity contribution in [3.8, 4) is 0 Å². The van der Waals surface area contributed by atoms with E-state index in [0.717, 1.165) is 76.2 Å². The molecular formula is C38H40N4S3. The van der Waals surface area contributed by atoms with Gasteiger partial charge in [-0.3, -0.25) is 0 Å². The van der Waals surface area contributed by atoms with E-state index in [-0.39, 0.29) is 5.25 Å². The lowest BCUT2D eigenvalue weighted by Gasteiger charge is -2.35. The first-order chi connectivity index (χ1) is 22.1. The Bertz CT molecular complexity index is 1620. The van der Waals surface area contributed by atoms with E-state index < -0.39 is 0 Å². The van der Waals surface area contributed by atoms with Crippen LogP contribution in [0.1, 0.15) is 57.2 Å². The normalized spacial score (nSPS) is 20.1. The smallest absolute Gasteiger partial charge is 0.109 e. The van der Waals surface area contributed by atoms with Crippen LogP contribution in [-0.2, 0) is 0 Å². The molecule has 1 fully saturated rings. The van der Waals surface area contributed by atoms with E-state index >= 15 is 0 Å². The highest BCUT2D eigenvalue weighted by atomic mass is 32.2. The molecule has 45 heavy (non-hydrogen) atoms. The van der Waals surface area contributed by atoms with Gasteiger partial charge in [0.05, 0.1) is 21.2 Å². The molecule has 0 spiro atoms. The number of benzene rings is 2. The third kappa shape index (κ3) is 7.83. The first-order valence-corrected chi connectivity index (χ1v) is 18.2. The molecule has 3 aromatic rings. The summed E-state index contributed by atoms with van der Waals surface area (Å²) in [5.74, 6) is 0. The number of allylic oxidation sites excluding steroid dienone is 8. The van der Waals surface area contributed by atoms with E-state index in [1.54, 1.807) is 11.3 Å². The average Bonchev–Trinajstić information content (AvgIpc) is 3.76. The minimum Gasteiger partial charge on any atom is -0.333 e. The first kappa shape index (κ1) is 31.5. The van der Waals surface area contributed by atoms with Crippen molar-refractivity contribution in [2.75, 3.05) is 4.90 Å². The van der Waals surface area contributed by atoms with Gasteiger partial charge in [-0.1, -0.05) is 67.3 Å². The Morgan fingerprint density at radius 2 is 1.64 bits per heavy atom. The predicted molar refractivity (Wildman–Crippen MR) is 200 cm³/mol. The molecular weight excluding hydrogens is 609 g/mol. The Morgan fingerprint density at radius 3 is 2.29 bits per heavy atom. The van der Waals surface area contributed by atoms with Crippen LogP contribution in [0, 0.1) is 0 Å². The first-order valence-electron chi connectivity index (χ1n) is 15.7. The summed E-state index contributed by atoms with van der Waals surface area (Å²) in [6, 6.07) is 25.4. The van der Waals surface area contributed by atoms with Crippen LogP contribution >= 0.6 is 35.0 Å². The average molecular weight is 649 g/mol. The lowest BCUT2D eigenvalue weighted by molar-refractivity contribution is 0.385. The molecule has 0 saturated carbocycles. The van der Waals surface area contributed by atoms with Crippen LogP contribution in [0.4, 0.5) is 16.4 Å². The Morgan fingerprint density at radius 1 is 0.889 bits per heavy atom. The van der Waals surface area contributed by atoms with Crippen LogP contribution in [0.2, 0.25) is 0 Å². The second kappa shape index (κ2) is 15.2. The molecule has 0 radical (unpaired) electrons. The molecule has 1 saturated heterocycles. The molecule has 1 aliphatic heterocycles. The van der Waals surface area contributed by atoms with Gasteiger partial charge >= 0.3 is 0 Å². The van der Waals surface area contributed by atoms with Gasteiger partial charge in [-0.05, 0) is 101 Å². The fourth-order valence-electron chi connectivity index (χ4n) is 5.78. The van der Waals surface area contributed by atoms with E-state index in [2.05, 4.69) is 133 Å². The SMILES string of the molecule is C=C(C)N=C(SN=C(C)c1ccc(N(c2ccccc2)c2ccccc2)s1)C1CCC(N(C2=CCCC=C2)C2=CC=CCC2)S1. The molecule has 1 aromatic heterocycles. The van der Waals surface area contributed by atoms with E-state index in [9.17, 15) is 0 Å². The molecule has 2 atom stereocenters. The number of anilines is 3. The van der Waals surface area contributed by atoms with Gasteiger partial charge in [-0.15, -0.1) is 23.1 Å². The number of para-hydroxylation sites is 2. The number of thioether (sulfide) groups is 1. The number of hydrogen-bond acceptors (Lipinski definition) is 7. The lowest BCUT2D eigenvalue weighted by atomic mass is 10.1. The molecule has 2 heterocycles. The van der Waals surface area contributed by atoms with Crippen LogP contribution < -0.4 is 4.90 Å². The molecule has 6 rings (SSSR count). The monoisotopic (exact) mass is 648 g/mol. The Labute approximate surface area is 280 Å². The van der Waals surface area contributed by atoms with Gasteiger partial charge in [0, 0.05) is 40.4 Å². The maximum Gasteiger partial charge on any atom is 0.109 e. The third-order valence-corrected chi connectivity index (χ3v) is 11.7. The highest BCUT2D eigenvalue weighted by molar-refractivity contribution is 8.15. The summed E-state index contributed by atoms with van der Waals surface area (Å²) in [6.07, 6.45) is 20.4. The van der Waals surface area contributed by atoms with Crippen molar-refractivity contribution in [2.45, 2.75) is 63.0 Å². The van der Waals surface area contributed by atoms with Gasteiger partial charge in [0.1, 0.15) is 10.0 Å². The fourth-order valence-corrected chi connectivity index (χ4v) is 9.36. The molecule has 4 nitrogen and oxygen atoms in total. The molecule has 0 N–H and O–H groups in total. The van der Waals surface area contributed by atoms with Crippen molar-refractivity contribution in [1.82, 2.24) is 4.90 Å². The molecule has 2 unspecified atom stereocenters. The molecule has 7 heteroatoms. The van der Waals surface area contributed by atoms with E-state index in [4.69, 9.17) is 9.39 Å². The van der Waals surface area contributed by atoms with Gasteiger partial charge in [0.2, 0.25) is 0 Å². The summed E-state index contributed by atoms with van der Waals surface area (Å²) in [7, 11) is 0. The second-order valence-corrected chi connectivity index (χ2v) is 14.6. The van der Waals surface area contributed by atoms with Crippen LogP contribution in [0.5, 0.6) is 0 Å². The van der Waals surface area contributed by atoms with Gasteiger partial charge < -0.3 is 9.80 Å². The number of thiophene rings is 1. The highest BCUT2D eigenvalue weighted by Crippen LogP contribution is 2.44. The number of rotatable bonds is 10. The van der Waals surface area contributed by atoms with Crippen molar-refractivity contribution < 1.29 is 0 Å². The second-order valence-electron chi connectivity index (χ2n) is 11.4. The zero-order valence-corrected chi connectivity index (χ0v) is 28.5. The van der Waals surface area contributed by atoms with Crippen LogP contribution in [-0.4, -0.2) is 26.3 Å². The topological polar surface area (TPSA) is 31.2 Å². The van der Waals surface area contributed by atoms with Crippen molar-refractivity contribution in [3.63, 3.8) is 0 Å². The Kier molecular flexibility index (Phi) is 10.6. The van der Waals surface area contributed by atoms with Gasteiger partial charge in [0.25, 0.3) is 0 Å². The van der Waals surface area contributed by atoms with Gasteiger partial charge in [-0.2, -0.15) is 0 Å². The van der Waals surface area contributed by atoms with E-state index in [1.165, 1.54) is 23.3 Å². The maximum atomic E-state index is 5.04. The minimum absolute atomic E-state index is 0.286. The third-order valence-electron chi connectivity index (χ3n) is 7.89. The summed E-state index contributed by atoms with van der Waals surface area (Å²) >= 11 is 5.31.